The predicted molar refractivity (Wildman–Crippen MR) is 147 cm³/mol. The van der Waals surface area contributed by atoms with Crippen LogP contribution < -0.4 is 4.74 Å². The highest BCUT2D eigenvalue weighted by molar-refractivity contribution is 9.10. The van der Waals surface area contributed by atoms with Crippen molar-refractivity contribution in [2.24, 2.45) is 5.92 Å². The highest BCUT2D eigenvalue weighted by Crippen LogP contribution is 2.54. The summed E-state index contributed by atoms with van der Waals surface area (Å²) in [5, 5.41) is 10.6. The minimum atomic E-state index is -1.05. The first-order valence-corrected chi connectivity index (χ1v) is 13.2. The molecule has 1 fully saturated rings. The molecule has 1 saturated heterocycles. The van der Waals surface area contributed by atoms with Crippen molar-refractivity contribution in [1.29, 1.82) is 0 Å². The van der Waals surface area contributed by atoms with E-state index in [2.05, 4.69) is 22.5 Å². The first kappa shape index (κ1) is 26.7. The second-order valence-electron chi connectivity index (χ2n) is 9.22. The molecule has 3 aromatic carbocycles. The predicted octanol–water partition coefficient (Wildman–Crippen LogP) is 8.71. The van der Waals surface area contributed by atoms with Gasteiger partial charge in [-0.05, 0) is 89.3 Å². The Morgan fingerprint density at radius 1 is 1.06 bits per heavy atom. The molecule has 0 saturated carbocycles. The van der Waals surface area contributed by atoms with Crippen LogP contribution in [0.2, 0.25) is 10.0 Å². The zero-order chi connectivity index (χ0) is 26.0. The Bertz CT molecular complexity index is 1260. The van der Waals surface area contributed by atoms with E-state index >= 15 is 0 Å². The van der Waals surface area contributed by atoms with Crippen LogP contribution in [0.1, 0.15) is 53.7 Å². The molecule has 0 radical (unpaired) electrons. The molecule has 0 amide bonds. The van der Waals surface area contributed by atoms with Gasteiger partial charge in [-0.15, -0.1) is 0 Å². The number of aryl methyl sites for hydroxylation is 1. The number of halogens is 3. The summed E-state index contributed by atoms with van der Waals surface area (Å²) in [6.07, 6.45) is 0.0983. The van der Waals surface area contributed by atoms with Crippen molar-refractivity contribution in [1.82, 2.24) is 0 Å². The molecule has 0 aliphatic carbocycles. The number of hydrogen-bond acceptors (Lipinski definition) is 3. The number of ether oxygens (including phenoxy) is 2. The molecule has 4 nitrogen and oxygen atoms in total. The van der Waals surface area contributed by atoms with E-state index in [1.54, 1.807) is 0 Å². The summed E-state index contributed by atoms with van der Waals surface area (Å²) in [5.74, 6) is -0.566. The van der Waals surface area contributed by atoms with Crippen LogP contribution in [-0.4, -0.2) is 17.7 Å². The smallest absolute Gasteiger partial charge is 0.341 e. The number of aliphatic carboxylic acids is 1. The first-order valence-electron chi connectivity index (χ1n) is 11.6. The second kappa shape index (κ2) is 11.4. The average Bonchev–Trinajstić information content (AvgIpc) is 2.83. The van der Waals surface area contributed by atoms with Gasteiger partial charge in [-0.1, -0.05) is 59.6 Å². The van der Waals surface area contributed by atoms with Crippen molar-refractivity contribution < 1.29 is 19.4 Å². The van der Waals surface area contributed by atoms with E-state index in [-0.39, 0.29) is 17.9 Å². The maximum absolute atomic E-state index is 11.3. The molecule has 0 spiro atoms. The first-order chi connectivity index (χ1) is 17.1. The molecule has 3 aromatic rings. The topological polar surface area (TPSA) is 55.8 Å². The summed E-state index contributed by atoms with van der Waals surface area (Å²) in [7, 11) is 0. The highest BCUT2D eigenvalue weighted by Gasteiger charge is 2.42. The lowest BCUT2D eigenvalue weighted by atomic mass is 9.74. The lowest BCUT2D eigenvalue weighted by molar-refractivity contribution is -0.139. The maximum Gasteiger partial charge on any atom is 0.341 e. The van der Waals surface area contributed by atoms with E-state index in [4.69, 9.17) is 32.7 Å². The Morgan fingerprint density at radius 3 is 2.19 bits per heavy atom. The number of carbonyl (C=O) groups is 1. The third kappa shape index (κ3) is 5.97. The minimum Gasteiger partial charge on any atom is -0.480 e. The molecule has 4 atom stereocenters. The fourth-order valence-corrected chi connectivity index (χ4v) is 5.81. The van der Waals surface area contributed by atoms with Crippen molar-refractivity contribution in [2.75, 3.05) is 6.61 Å². The van der Waals surface area contributed by atoms with Gasteiger partial charge < -0.3 is 14.6 Å². The van der Waals surface area contributed by atoms with Crippen LogP contribution in [0.25, 0.3) is 0 Å². The van der Waals surface area contributed by atoms with Crippen molar-refractivity contribution in [3.05, 3.63) is 110 Å². The van der Waals surface area contributed by atoms with E-state index in [9.17, 15) is 9.90 Å². The lowest BCUT2D eigenvalue weighted by Crippen LogP contribution is -2.32. The third-order valence-electron chi connectivity index (χ3n) is 6.52. The van der Waals surface area contributed by atoms with Crippen molar-refractivity contribution in [2.45, 2.75) is 38.4 Å². The van der Waals surface area contributed by atoms with Crippen LogP contribution in [0.5, 0.6) is 5.75 Å². The van der Waals surface area contributed by atoms with Crippen LogP contribution in [-0.2, 0) is 9.53 Å². The number of benzene rings is 3. The zero-order valence-electron chi connectivity index (χ0n) is 20.0. The summed E-state index contributed by atoms with van der Waals surface area (Å²) in [6.45, 7) is 7.83. The van der Waals surface area contributed by atoms with Crippen LogP contribution >= 0.6 is 39.1 Å². The molecule has 1 aliphatic heterocycles. The molecule has 1 N–H and O–H groups in total. The monoisotopic (exact) mass is 588 g/mol. The van der Waals surface area contributed by atoms with Gasteiger partial charge in [0.25, 0.3) is 0 Å². The van der Waals surface area contributed by atoms with Crippen LogP contribution in [0, 0.1) is 12.8 Å². The lowest BCUT2D eigenvalue weighted by Gasteiger charge is -2.43. The molecule has 0 unspecified atom stereocenters. The normalized spacial score (nSPS) is 21.7. The molecule has 36 heavy (non-hydrogen) atoms. The van der Waals surface area contributed by atoms with Gasteiger partial charge in [0.15, 0.2) is 6.61 Å². The number of hydrogen-bond donors (Lipinski definition) is 1. The number of rotatable bonds is 7. The second-order valence-corrected chi connectivity index (χ2v) is 11.0. The Labute approximate surface area is 230 Å². The molecule has 188 valence electrons. The highest BCUT2D eigenvalue weighted by atomic mass is 79.9. The standard InChI is InChI=1S/C29H27BrCl2O4/c1-16(2)22-14-23(18-4-8-20(31)9-5-18)27(19-6-10-21(32)11-7-19)36-28(22)24-12-17(3)13-25(30)29(24)35-15-26(33)34/h4-13,22-23,27-28H,1,14-15H2,2-3H3,(H,33,34)/t22-,23-,27+,28+/m1/s1. The van der Waals surface area contributed by atoms with Gasteiger partial charge in [0.1, 0.15) is 5.75 Å². The summed E-state index contributed by atoms with van der Waals surface area (Å²) in [6, 6.07) is 19.5. The summed E-state index contributed by atoms with van der Waals surface area (Å²) < 4.78 is 13.4. The number of carboxylic acids is 1. The summed E-state index contributed by atoms with van der Waals surface area (Å²) in [4.78, 5) is 11.3. The maximum atomic E-state index is 11.3. The van der Waals surface area contributed by atoms with E-state index in [1.165, 1.54) is 0 Å². The van der Waals surface area contributed by atoms with E-state index in [1.807, 2.05) is 74.5 Å². The number of carboxylic acid groups (broad SMARTS) is 1. The van der Waals surface area contributed by atoms with Gasteiger partial charge >= 0.3 is 5.97 Å². The molecule has 0 aromatic heterocycles. The molecule has 7 heteroatoms. The fraction of sp³-hybridized carbons (Fsp3) is 0.276. The largest absolute Gasteiger partial charge is 0.480 e. The van der Waals surface area contributed by atoms with E-state index < -0.39 is 18.7 Å². The SMILES string of the molecule is C=C(C)[C@H]1C[C@H](c2ccc(Cl)cc2)[C@H](c2ccc(Cl)cc2)O[C@@H]1c1cc(C)cc(Br)c1OCC(=O)O. The molecule has 1 heterocycles. The molecule has 4 rings (SSSR count). The quantitative estimate of drug-likeness (QED) is 0.280. The minimum absolute atomic E-state index is 0.0323. The average molecular weight is 590 g/mol. The van der Waals surface area contributed by atoms with Crippen LogP contribution in [0.15, 0.2) is 77.3 Å². The summed E-state index contributed by atoms with van der Waals surface area (Å²) in [5.41, 5.74) is 4.91. The van der Waals surface area contributed by atoms with Crippen molar-refractivity contribution >= 4 is 45.1 Å². The Balaban J connectivity index is 1.83. The Hall–Kier alpha value is -2.31. The van der Waals surface area contributed by atoms with Gasteiger partial charge in [-0.2, -0.15) is 0 Å². The van der Waals surface area contributed by atoms with Gasteiger partial charge in [-0.25, -0.2) is 4.79 Å². The van der Waals surface area contributed by atoms with E-state index in [0.29, 0.717) is 20.3 Å². The molecular formula is C29H27BrCl2O4. The third-order valence-corrected chi connectivity index (χ3v) is 7.62. The van der Waals surface area contributed by atoms with Gasteiger partial charge in [0, 0.05) is 27.4 Å². The van der Waals surface area contributed by atoms with Crippen molar-refractivity contribution in [3.63, 3.8) is 0 Å². The van der Waals surface area contributed by atoms with E-state index in [0.717, 1.165) is 34.2 Å². The molecular weight excluding hydrogens is 563 g/mol. The Morgan fingerprint density at radius 2 is 1.64 bits per heavy atom. The summed E-state index contributed by atoms with van der Waals surface area (Å²) >= 11 is 15.9. The van der Waals surface area contributed by atoms with Gasteiger partial charge in [0.05, 0.1) is 16.7 Å². The van der Waals surface area contributed by atoms with Crippen molar-refractivity contribution in [3.8, 4) is 5.75 Å². The molecule has 1 aliphatic rings. The van der Waals surface area contributed by atoms with Crippen LogP contribution in [0.3, 0.4) is 0 Å². The van der Waals surface area contributed by atoms with Gasteiger partial charge in [-0.3, -0.25) is 0 Å². The zero-order valence-corrected chi connectivity index (χ0v) is 23.1. The van der Waals surface area contributed by atoms with Gasteiger partial charge in [0.2, 0.25) is 0 Å². The fourth-order valence-electron chi connectivity index (χ4n) is 4.86. The molecule has 0 bridgehead atoms. The van der Waals surface area contributed by atoms with Crippen LogP contribution in [0.4, 0.5) is 0 Å². The Kier molecular flexibility index (Phi) is 8.46.